The molecule has 0 aliphatic carbocycles. The van der Waals surface area contributed by atoms with Crippen molar-refractivity contribution in [2.45, 2.75) is 13.8 Å². The number of imide groups is 1. The summed E-state index contributed by atoms with van der Waals surface area (Å²) < 4.78 is 10.5. The van der Waals surface area contributed by atoms with Crippen molar-refractivity contribution in [2.24, 2.45) is 0 Å². The van der Waals surface area contributed by atoms with E-state index in [2.05, 4.69) is 26.6 Å². The van der Waals surface area contributed by atoms with E-state index in [1.165, 1.54) is 6.08 Å². The van der Waals surface area contributed by atoms with Crippen molar-refractivity contribution in [1.29, 1.82) is 0 Å². The van der Waals surface area contributed by atoms with Gasteiger partial charge in [-0.1, -0.05) is 17.7 Å². The van der Waals surface area contributed by atoms with E-state index in [0.717, 1.165) is 17.2 Å². The predicted octanol–water partition coefficient (Wildman–Crippen LogP) is 3.56. The third kappa shape index (κ3) is 6.21. The first-order valence-corrected chi connectivity index (χ1v) is 8.41. The Bertz CT molecular complexity index is 857. The van der Waals surface area contributed by atoms with Gasteiger partial charge in [0, 0.05) is 11.8 Å². The van der Waals surface area contributed by atoms with Crippen LogP contribution in [0.15, 0.2) is 45.5 Å². The third-order valence-corrected chi connectivity index (χ3v) is 3.63. The van der Waals surface area contributed by atoms with Gasteiger partial charge in [0.25, 0.3) is 5.91 Å². The number of carbonyl (C=O) groups excluding carboxylic acids is 3. The number of carbonyl (C=O) groups is 3. The molecule has 1 aromatic carbocycles. The van der Waals surface area contributed by atoms with E-state index >= 15 is 0 Å². The number of rotatable bonds is 5. The lowest BCUT2D eigenvalue weighted by molar-refractivity contribution is -0.143. The molecule has 136 valence electrons. The lowest BCUT2D eigenvalue weighted by atomic mass is 10.1. The third-order valence-electron chi connectivity index (χ3n) is 3.21. The number of hydrogen-bond acceptors (Lipinski definition) is 5. The molecule has 3 amide bonds. The van der Waals surface area contributed by atoms with Crippen LogP contribution in [0.4, 0.5) is 10.5 Å². The normalized spacial score (nSPS) is 10.6. The molecule has 2 rings (SSSR count). The molecule has 0 fully saturated rings. The maximum absolute atomic E-state index is 11.8. The SMILES string of the molecule is Cc1ccc(NC(=O)NC(=O)COC(=O)C=Cc2ccc(Br)o2)c(C)c1. The average Bonchev–Trinajstić information content (AvgIpc) is 2.99. The lowest BCUT2D eigenvalue weighted by Gasteiger charge is -2.09. The number of anilines is 1. The van der Waals surface area contributed by atoms with Gasteiger partial charge in [-0.15, -0.1) is 0 Å². The van der Waals surface area contributed by atoms with E-state index in [-0.39, 0.29) is 0 Å². The second kappa shape index (κ2) is 9.00. The number of aryl methyl sites for hydroxylation is 2. The Morgan fingerprint density at radius 3 is 2.62 bits per heavy atom. The Hall–Kier alpha value is -2.87. The summed E-state index contributed by atoms with van der Waals surface area (Å²) in [6.45, 7) is 3.20. The van der Waals surface area contributed by atoms with Crippen molar-refractivity contribution in [2.75, 3.05) is 11.9 Å². The summed E-state index contributed by atoms with van der Waals surface area (Å²) in [4.78, 5) is 35.0. The molecule has 1 aromatic heterocycles. The van der Waals surface area contributed by atoms with Gasteiger partial charge in [0.15, 0.2) is 11.3 Å². The molecule has 0 saturated carbocycles. The van der Waals surface area contributed by atoms with Gasteiger partial charge in [0.2, 0.25) is 0 Å². The van der Waals surface area contributed by atoms with Crippen molar-refractivity contribution in [3.63, 3.8) is 0 Å². The van der Waals surface area contributed by atoms with Crippen LogP contribution >= 0.6 is 15.9 Å². The fraction of sp³-hybridized carbons (Fsp3) is 0.167. The largest absolute Gasteiger partial charge is 0.452 e. The highest BCUT2D eigenvalue weighted by Crippen LogP contribution is 2.16. The number of urea groups is 1. The molecule has 0 aliphatic rings. The summed E-state index contributed by atoms with van der Waals surface area (Å²) in [5.74, 6) is -1.02. The van der Waals surface area contributed by atoms with Gasteiger partial charge in [-0.25, -0.2) is 9.59 Å². The van der Waals surface area contributed by atoms with Gasteiger partial charge in [-0.2, -0.15) is 0 Å². The van der Waals surface area contributed by atoms with E-state index in [9.17, 15) is 14.4 Å². The molecule has 7 nitrogen and oxygen atoms in total. The van der Waals surface area contributed by atoms with Crippen LogP contribution in [-0.2, 0) is 14.3 Å². The Morgan fingerprint density at radius 1 is 1.19 bits per heavy atom. The van der Waals surface area contributed by atoms with Crippen LogP contribution in [-0.4, -0.2) is 24.5 Å². The standard InChI is InChI=1S/C18H17BrN2O5/c1-11-3-6-14(12(2)9-11)20-18(24)21-16(22)10-25-17(23)8-5-13-4-7-15(19)26-13/h3-9H,10H2,1-2H3,(H2,20,21,22,24). The van der Waals surface area contributed by atoms with Crippen molar-refractivity contribution in [1.82, 2.24) is 5.32 Å². The van der Waals surface area contributed by atoms with E-state index in [4.69, 9.17) is 9.15 Å². The maximum Gasteiger partial charge on any atom is 0.331 e. The van der Waals surface area contributed by atoms with Gasteiger partial charge in [-0.3, -0.25) is 10.1 Å². The first-order valence-electron chi connectivity index (χ1n) is 7.62. The lowest BCUT2D eigenvalue weighted by Crippen LogP contribution is -2.37. The van der Waals surface area contributed by atoms with Crippen molar-refractivity contribution < 1.29 is 23.5 Å². The molecular weight excluding hydrogens is 404 g/mol. The van der Waals surface area contributed by atoms with Gasteiger partial charge < -0.3 is 14.5 Å². The van der Waals surface area contributed by atoms with Crippen LogP contribution < -0.4 is 10.6 Å². The number of furan rings is 1. The smallest absolute Gasteiger partial charge is 0.331 e. The highest BCUT2D eigenvalue weighted by atomic mass is 79.9. The minimum atomic E-state index is -0.741. The highest BCUT2D eigenvalue weighted by molar-refractivity contribution is 9.10. The molecule has 0 saturated heterocycles. The number of esters is 1. The Kier molecular flexibility index (Phi) is 6.74. The number of nitrogens with one attached hydrogen (secondary N) is 2. The summed E-state index contributed by atoms with van der Waals surface area (Å²) in [7, 11) is 0. The fourth-order valence-corrected chi connectivity index (χ4v) is 2.34. The topological polar surface area (TPSA) is 97.6 Å². The van der Waals surface area contributed by atoms with Crippen molar-refractivity contribution in [3.8, 4) is 0 Å². The van der Waals surface area contributed by atoms with Crippen LogP contribution in [0, 0.1) is 13.8 Å². The summed E-state index contributed by atoms with van der Waals surface area (Å²) in [5, 5.41) is 4.65. The van der Waals surface area contributed by atoms with Crippen molar-refractivity contribution >= 4 is 45.6 Å². The zero-order chi connectivity index (χ0) is 19.1. The van der Waals surface area contributed by atoms with Crippen molar-refractivity contribution in [3.05, 3.63) is 58.0 Å². The average molecular weight is 421 g/mol. The molecule has 0 bridgehead atoms. The Labute approximate surface area is 158 Å². The second-order valence-corrected chi connectivity index (χ2v) is 6.19. The first-order chi connectivity index (χ1) is 12.3. The van der Waals surface area contributed by atoms with E-state index in [1.807, 2.05) is 26.0 Å². The van der Waals surface area contributed by atoms with E-state index in [1.54, 1.807) is 18.2 Å². The number of benzene rings is 1. The van der Waals surface area contributed by atoms with Gasteiger partial charge >= 0.3 is 12.0 Å². The van der Waals surface area contributed by atoms with Crippen LogP contribution in [0.25, 0.3) is 6.08 Å². The number of halogens is 1. The Balaban J connectivity index is 1.76. The van der Waals surface area contributed by atoms with E-state index in [0.29, 0.717) is 16.1 Å². The summed E-state index contributed by atoms with van der Waals surface area (Å²) in [5.41, 5.74) is 2.52. The molecule has 2 N–H and O–H groups in total. The summed E-state index contributed by atoms with van der Waals surface area (Å²) in [6, 6.07) is 8.12. The summed E-state index contributed by atoms with van der Waals surface area (Å²) >= 11 is 3.14. The first kappa shape index (κ1) is 19.5. The van der Waals surface area contributed by atoms with Crippen LogP contribution in [0.2, 0.25) is 0 Å². The monoisotopic (exact) mass is 420 g/mol. The molecule has 0 radical (unpaired) electrons. The van der Waals surface area contributed by atoms with Gasteiger partial charge in [0.05, 0.1) is 0 Å². The molecule has 0 atom stereocenters. The molecule has 0 spiro atoms. The van der Waals surface area contributed by atoms with E-state index < -0.39 is 24.5 Å². The highest BCUT2D eigenvalue weighted by Gasteiger charge is 2.11. The minimum absolute atomic E-state index is 0.450. The zero-order valence-corrected chi connectivity index (χ0v) is 15.8. The predicted molar refractivity (Wildman–Crippen MR) is 99.5 cm³/mol. The number of ether oxygens (including phenoxy) is 1. The molecule has 8 heteroatoms. The van der Waals surface area contributed by atoms with Gasteiger partial charge in [0.1, 0.15) is 5.76 Å². The summed E-state index contributed by atoms with van der Waals surface area (Å²) in [6.07, 6.45) is 2.52. The molecule has 2 aromatic rings. The Morgan fingerprint density at radius 2 is 1.96 bits per heavy atom. The molecule has 0 aliphatic heterocycles. The molecular formula is C18H17BrN2O5. The number of amides is 3. The van der Waals surface area contributed by atoms with Gasteiger partial charge in [-0.05, 0) is 59.6 Å². The van der Waals surface area contributed by atoms with Crippen LogP contribution in [0.3, 0.4) is 0 Å². The fourth-order valence-electron chi connectivity index (χ4n) is 2.02. The van der Waals surface area contributed by atoms with Crippen LogP contribution in [0.1, 0.15) is 16.9 Å². The molecule has 0 unspecified atom stereocenters. The van der Waals surface area contributed by atoms with Crippen LogP contribution in [0.5, 0.6) is 0 Å². The minimum Gasteiger partial charge on any atom is -0.452 e. The second-order valence-electron chi connectivity index (χ2n) is 5.40. The maximum atomic E-state index is 11.8. The quantitative estimate of drug-likeness (QED) is 0.569. The zero-order valence-electron chi connectivity index (χ0n) is 14.2. The molecule has 26 heavy (non-hydrogen) atoms. The molecule has 1 heterocycles. The number of hydrogen-bond donors (Lipinski definition) is 2.